The van der Waals surface area contributed by atoms with E-state index in [0.717, 1.165) is 0 Å². The number of hydrogen-bond donors (Lipinski definition) is 0. The third kappa shape index (κ3) is 5.62. The van der Waals surface area contributed by atoms with Gasteiger partial charge in [0.05, 0.1) is 6.61 Å². The van der Waals surface area contributed by atoms with Crippen LogP contribution in [-0.4, -0.2) is 18.9 Å². The summed E-state index contributed by atoms with van der Waals surface area (Å²) in [4.78, 5) is 10.9. The van der Waals surface area contributed by atoms with Crippen molar-refractivity contribution in [3.8, 4) is 0 Å². The summed E-state index contributed by atoms with van der Waals surface area (Å²) in [6.45, 7) is -0.516. The second-order valence-electron chi connectivity index (χ2n) is 3.56. The third-order valence-electron chi connectivity index (χ3n) is 1.99. The van der Waals surface area contributed by atoms with Crippen LogP contribution in [0.1, 0.15) is 5.56 Å². The first-order valence-corrected chi connectivity index (χ1v) is 6.67. The smallest absolute Gasteiger partial charge is 0.396 e. The van der Waals surface area contributed by atoms with E-state index in [9.17, 15) is 27.0 Å². The van der Waals surface area contributed by atoms with Crippen molar-refractivity contribution < 1.29 is 31.5 Å². The molecule has 0 aliphatic rings. The van der Waals surface area contributed by atoms with Gasteiger partial charge in [0.2, 0.25) is 0 Å². The van der Waals surface area contributed by atoms with Gasteiger partial charge in [0.15, 0.2) is 0 Å². The van der Waals surface area contributed by atoms with Gasteiger partial charge in [-0.3, -0.25) is 0 Å². The molecule has 102 valence electrons. The van der Waals surface area contributed by atoms with Crippen LogP contribution in [0.4, 0.5) is 17.6 Å². The molecule has 0 aromatic heterocycles. The molecule has 1 aromatic carbocycles. The molecule has 0 aliphatic heterocycles. The summed E-state index contributed by atoms with van der Waals surface area (Å²) in [6, 6.07) is 5.55. The summed E-state index contributed by atoms with van der Waals surface area (Å²) < 4.78 is 63.7. The molecule has 0 fully saturated rings. The molecule has 18 heavy (non-hydrogen) atoms. The predicted molar refractivity (Wildman–Crippen MR) is 54.6 cm³/mol. The van der Waals surface area contributed by atoms with Crippen molar-refractivity contribution in [1.82, 2.24) is 0 Å². The van der Waals surface area contributed by atoms with Gasteiger partial charge in [0.1, 0.15) is 19.6 Å². The van der Waals surface area contributed by atoms with Crippen LogP contribution < -0.4 is 4.89 Å². The summed E-state index contributed by atoms with van der Waals surface area (Å²) in [5.74, 6) is -0.558. The van der Waals surface area contributed by atoms with E-state index in [4.69, 9.17) is 0 Å². The molecule has 3 nitrogen and oxygen atoms in total. The van der Waals surface area contributed by atoms with E-state index < -0.39 is 32.4 Å². The number of halogens is 4. The maximum Gasteiger partial charge on any atom is 0.396 e. The molecule has 0 N–H and O–H groups in total. The topological polar surface area (TPSA) is 49.4 Å². The Morgan fingerprint density at radius 3 is 2.44 bits per heavy atom. The zero-order chi connectivity index (χ0) is 13.8. The van der Waals surface area contributed by atoms with Gasteiger partial charge in [-0.1, -0.05) is 18.2 Å². The summed E-state index contributed by atoms with van der Waals surface area (Å²) in [7, 11) is -4.96. The molecule has 0 aliphatic carbocycles. The highest BCUT2D eigenvalue weighted by molar-refractivity contribution is 7.51. The minimum absolute atomic E-state index is 0.114. The first-order chi connectivity index (χ1) is 8.20. The quantitative estimate of drug-likeness (QED) is 0.617. The lowest BCUT2D eigenvalue weighted by Crippen LogP contribution is -2.21. The van der Waals surface area contributed by atoms with E-state index in [1.807, 2.05) is 0 Å². The van der Waals surface area contributed by atoms with Crippen LogP contribution in [0.5, 0.6) is 0 Å². The molecule has 1 atom stereocenters. The lowest BCUT2D eigenvalue weighted by molar-refractivity contribution is -0.208. The van der Waals surface area contributed by atoms with Crippen LogP contribution >= 0.6 is 7.60 Å². The molecule has 0 amide bonds. The number of hydrogen-bond acceptors (Lipinski definition) is 3. The van der Waals surface area contributed by atoms with Gasteiger partial charge in [-0.2, -0.15) is 13.2 Å². The van der Waals surface area contributed by atoms with E-state index in [0.29, 0.717) is 0 Å². The van der Waals surface area contributed by atoms with Crippen molar-refractivity contribution in [2.45, 2.75) is 12.6 Å². The van der Waals surface area contributed by atoms with Gasteiger partial charge in [0, 0.05) is 0 Å². The van der Waals surface area contributed by atoms with Crippen LogP contribution in [0.3, 0.4) is 0 Å². The number of alkyl halides is 3. The molecule has 0 radical (unpaired) electrons. The second-order valence-corrected chi connectivity index (χ2v) is 5.36. The normalized spacial score (nSPS) is 15.4. The minimum Gasteiger partial charge on any atom is -0.778 e. The van der Waals surface area contributed by atoms with Gasteiger partial charge < -0.3 is 14.0 Å². The van der Waals surface area contributed by atoms with Crippen molar-refractivity contribution in [3.05, 3.63) is 35.6 Å². The van der Waals surface area contributed by atoms with Crippen molar-refractivity contribution in [2.75, 3.05) is 12.8 Å². The highest BCUT2D eigenvalue weighted by Gasteiger charge is 2.33. The molecular weight excluding hydrogens is 275 g/mol. The van der Waals surface area contributed by atoms with E-state index in [2.05, 4.69) is 4.52 Å². The fraction of sp³-hybridized carbons (Fsp3) is 0.400. The molecule has 0 bridgehead atoms. The first-order valence-electron chi connectivity index (χ1n) is 4.94. The lowest BCUT2D eigenvalue weighted by Gasteiger charge is -2.24. The monoisotopic (exact) mass is 285 g/mol. The molecule has 1 unspecified atom stereocenters. The zero-order valence-electron chi connectivity index (χ0n) is 9.11. The van der Waals surface area contributed by atoms with Crippen molar-refractivity contribution >= 4 is 7.60 Å². The standard InChI is InChI=1S/C10H11F4O3P/c11-9-4-2-1-3-8(9)5-6-17-18(15,16)7-10(12,13)14/h1-4H,5-7H2,(H,15,16)/p-1. The maximum atomic E-state index is 13.1. The predicted octanol–water partition coefficient (Wildman–Crippen LogP) is 2.50. The van der Waals surface area contributed by atoms with Crippen LogP contribution in [0.25, 0.3) is 0 Å². The van der Waals surface area contributed by atoms with Gasteiger partial charge in [-0.15, -0.1) is 0 Å². The lowest BCUT2D eigenvalue weighted by atomic mass is 10.1. The Morgan fingerprint density at radius 1 is 1.28 bits per heavy atom. The van der Waals surface area contributed by atoms with Gasteiger partial charge in [-0.05, 0) is 18.1 Å². The van der Waals surface area contributed by atoms with Crippen LogP contribution in [0.15, 0.2) is 24.3 Å². The average Bonchev–Trinajstić information content (AvgIpc) is 2.17. The van der Waals surface area contributed by atoms with E-state index in [1.54, 1.807) is 0 Å². The van der Waals surface area contributed by atoms with E-state index >= 15 is 0 Å². The largest absolute Gasteiger partial charge is 0.778 e. The molecule has 1 rings (SSSR count). The molecule has 1 aromatic rings. The summed E-state index contributed by atoms with van der Waals surface area (Å²) in [5, 5.41) is 0. The Bertz CT molecular complexity index is 447. The van der Waals surface area contributed by atoms with Gasteiger partial charge >= 0.3 is 6.18 Å². The molecule has 0 saturated carbocycles. The Balaban J connectivity index is 2.47. The van der Waals surface area contributed by atoms with Crippen molar-refractivity contribution in [1.29, 1.82) is 0 Å². The minimum atomic E-state index is -4.96. The molecule has 0 spiro atoms. The van der Waals surface area contributed by atoms with E-state index in [-0.39, 0.29) is 12.0 Å². The molecule has 0 heterocycles. The zero-order valence-corrected chi connectivity index (χ0v) is 10.0. The highest BCUT2D eigenvalue weighted by atomic mass is 31.2. The Labute approximate surface area is 101 Å². The van der Waals surface area contributed by atoms with Crippen LogP contribution in [0, 0.1) is 5.82 Å². The fourth-order valence-corrected chi connectivity index (χ4v) is 2.16. The van der Waals surface area contributed by atoms with Crippen molar-refractivity contribution in [3.63, 3.8) is 0 Å². The first kappa shape index (κ1) is 15.1. The summed E-state index contributed by atoms with van der Waals surface area (Å²) in [6.07, 6.45) is -6.97. The summed E-state index contributed by atoms with van der Waals surface area (Å²) in [5.41, 5.74) is 0.185. The van der Waals surface area contributed by atoms with Crippen molar-refractivity contribution in [2.24, 2.45) is 0 Å². The van der Waals surface area contributed by atoms with Gasteiger partial charge in [-0.25, -0.2) is 4.39 Å². The average molecular weight is 285 g/mol. The second kappa shape index (κ2) is 5.82. The highest BCUT2D eigenvalue weighted by Crippen LogP contribution is 2.42. The molecule has 8 heteroatoms. The van der Waals surface area contributed by atoms with Crippen LogP contribution in [-0.2, 0) is 15.5 Å². The number of benzene rings is 1. The Hall–Kier alpha value is -0.910. The molecule has 0 saturated heterocycles. The summed E-state index contributed by atoms with van der Waals surface area (Å²) >= 11 is 0. The third-order valence-corrected chi connectivity index (χ3v) is 3.31. The van der Waals surface area contributed by atoms with E-state index in [1.165, 1.54) is 24.3 Å². The SMILES string of the molecule is O=P([O-])(CC(F)(F)F)OCCc1ccccc1F. The Kier molecular flexibility index (Phi) is 4.90. The van der Waals surface area contributed by atoms with Gasteiger partial charge in [0.25, 0.3) is 0 Å². The number of rotatable bonds is 5. The maximum absolute atomic E-state index is 13.1. The molecular formula is C10H10F4O3P-. The Morgan fingerprint density at radius 2 is 1.89 bits per heavy atom. The van der Waals surface area contributed by atoms with Crippen LogP contribution in [0.2, 0.25) is 0 Å². The fourth-order valence-electron chi connectivity index (χ4n) is 1.26.